The first-order chi connectivity index (χ1) is 15.9. The predicted octanol–water partition coefficient (Wildman–Crippen LogP) is 0.0312. The van der Waals surface area contributed by atoms with Gasteiger partial charge in [-0.05, 0) is 31.2 Å². The van der Waals surface area contributed by atoms with Crippen LogP contribution in [0.25, 0.3) is 0 Å². The van der Waals surface area contributed by atoms with Crippen LogP contribution in [0, 0.1) is 0 Å². The SMILES string of the molecule is NC(N)=NCCC[C@@H](C=O)NC(=O)[C@@H]1CCCN1C(=O)CCNC(=O)OCc1ccccc1. The van der Waals surface area contributed by atoms with Crippen molar-refractivity contribution >= 4 is 30.2 Å². The number of likely N-dealkylation sites (tertiary alicyclic amines) is 1. The molecule has 0 aromatic heterocycles. The highest BCUT2D eigenvalue weighted by Crippen LogP contribution is 2.18. The van der Waals surface area contributed by atoms with Crippen molar-refractivity contribution < 1.29 is 23.9 Å². The highest BCUT2D eigenvalue weighted by Gasteiger charge is 2.34. The molecule has 0 bridgehead atoms. The minimum atomic E-state index is -0.676. The molecule has 2 rings (SSSR count). The predicted molar refractivity (Wildman–Crippen MR) is 122 cm³/mol. The Kier molecular flexibility index (Phi) is 10.6. The molecule has 0 spiro atoms. The van der Waals surface area contributed by atoms with E-state index in [1.165, 1.54) is 4.90 Å². The summed E-state index contributed by atoms with van der Waals surface area (Å²) in [6.07, 6.45) is 2.22. The van der Waals surface area contributed by atoms with Gasteiger partial charge < -0.3 is 36.5 Å². The van der Waals surface area contributed by atoms with E-state index in [9.17, 15) is 19.2 Å². The van der Waals surface area contributed by atoms with E-state index in [4.69, 9.17) is 16.2 Å². The van der Waals surface area contributed by atoms with Gasteiger partial charge >= 0.3 is 6.09 Å². The van der Waals surface area contributed by atoms with Crippen LogP contribution in [-0.4, -0.2) is 66.8 Å². The Morgan fingerprint density at radius 1 is 1.24 bits per heavy atom. The van der Waals surface area contributed by atoms with E-state index in [0.717, 1.165) is 5.56 Å². The molecule has 3 amide bonds. The maximum Gasteiger partial charge on any atom is 0.407 e. The highest BCUT2D eigenvalue weighted by molar-refractivity contribution is 5.89. The molecule has 1 aromatic carbocycles. The number of carbonyl (C=O) groups excluding carboxylic acids is 4. The monoisotopic (exact) mass is 460 g/mol. The Morgan fingerprint density at radius 2 is 2.00 bits per heavy atom. The van der Waals surface area contributed by atoms with Gasteiger partial charge in [-0.15, -0.1) is 0 Å². The molecule has 1 aromatic rings. The summed E-state index contributed by atoms with van der Waals surface area (Å²) in [4.78, 5) is 53.7. The summed E-state index contributed by atoms with van der Waals surface area (Å²) >= 11 is 0. The molecule has 1 saturated heterocycles. The van der Waals surface area contributed by atoms with E-state index in [0.29, 0.717) is 45.1 Å². The second kappa shape index (κ2) is 13.7. The lowest BCUT2D eigenvalue weighted by Gasteiger charge is -2.25. The summed E-state index contributed by atoms with van der Waals surface area (Å²) in [7, 11) is 0. The van der Waals surface area contributed by atoms with Crippen LogP contribution in [0.15, 0.2) is 35.3 Å². The normalized spacial score (nSPS) is 15.9. The Labute approximate surface area is 192 Å². The number of ether oxygens (including phenoxy) is 1. The second-order valence-electron chi connectivity index (χ2n) is 7.68. The van der Waals surface area contributed by atoms with Crippen molar-refractivity contribution in [3.8, 4) is 0 Å². The van der Waals surface area contributed by atoms with Crippen molar-refractivity contribution in [2.75, 3.05) is 19.6 Å². The quantitative estimate of drug-likeness (QED) is 0.148. The molecule has 1 fully saturated rings. The number of carbonyl (C=O) groups is 4. The summed E-state index contributed by atoms with van der Waals surface area (Å²) < 4.78 is 5.11. The summed E-state index contributed by atoms with van der Waals surface area (Å²) in [5, 5.41) is 5.23. The van der Waals surface area contributed by atoms with E-state index < -0.39 is 18.2 Å². The van der Waals surface area contributed by atoms with Crippen LogP contribution in [0.2, 0.25) is 0 Å². The first-order valence-corrected chi connectivity index (χ1v) is 11.0. The molecular weight excluding hydrogens is 428 g/mol. The summed E-state index contributed by atoms with van der Waals surface area (Å²) in [5.74, 6) is -0.637. The number of rotatable bonds is 12. The van der Waals surface area contributed by atoms with Crippen molar-refractivity contribution in [3.63, 3.8) is 0 Å². The number of nitrogens with two attached hydrogens (primary N) is 2. The average molecular weight is 461 g/mol. The lowest BCUT2D eigenvalue weighted by atomic mass is 10.1. The average Bonchev–Trinajstić information content (AvgIpc) is 3.30. The molecule has 6 N–H and O–H groups in total. The Hall–Kier alpha value is -3.63. The van der Waals surface area contributed by atoms with Crippen LogP contribution in [-0.2, 0) is 25.7 Å². The number of hydrogen-bond acceptors (Lipinski definition) is 6. The molecule has 0 unspecified atom stereocenters. The van der Waals surface area contributed by atoms with Crippen molar-refractivity contribution in [2.45, 2.75) is 50.8 Å². The molecule has 1 heterocycles. The summed E-state index contributed by atoms with van der Waals surface area (Å²) in [6, 6.07) is 7.94. The highest BCUT2D eigenvalue weighted by atomic mass is 16.5. The first-order valence-electron chi connectivity index (χ1n) is 11.0. The standard InChI is InChI=1S/C22H32N6O5/c23-21(24)25-11-4-8-17(14-29)27-20(31)18-9-5-13-28(18)19(30)10-12-26-22(32)33-15-16-6-2-1-3-7-16/h1-3,6-7,14,17-18H,4-5,8-13,15H2,(H,26,32)(H,27,31)(H4,23,24,25)/t17-,18-/m0/s1. The summed E-state index contributed by atoms with van der Waals surface area (Å²) in [6.45, 7) is 1.04. The molecule has 2 atom stereocenters. The van der Waals surface area contributed by atoms with Gasteiger partial charge in [0.25, 0.3) is 0 Å². The van der Waals surface area contributed by atoms with Gasteiger partial charge in [0.05, 0.1) is 6.04 Å². The Morgan fingerprint density at radius 3 is 2.70 bits per heavy atom. The molecular formula is C22H32N6O5. The first kappa shape index (κ1) is 25.6. The van der Waals surface area contributed by atoms with Gasteiger partial charge in [0.15, 0.2) is 5.96 Å². The number of benzene rings is 1. The number of nitrogens with zero attached hydrogens (tertiary/aromatic N) is 2. The van der Waals surface area contributed by atoms with Crippen LogP contribution >= 0.6 is 0 Å². The van der Waals surface area contributed by atoms with Gasteiger partial charge in [0.2, 0.25) is 11.8 Å². The smallest absolute Gasteiger partial charge is 0.407 e. The third kappa shape index (κ3) is 9.17. The van der Waals surface area contributed by atoms with E-state index >= 15 is 0 Å². The number of alkyl carbamates (subject to hydrolysis) is 1. The zero-order valence-corrected chi connectivity index (χ0v) is 18.6. The van der Waals surface area contributed by atoms with Gasteiger partial charge in [0, 0.05) is 26.1 Å². The topological polar surface area (TPSA) is 169 Å². The number of amides is 3. The fourth-order valence-corrected chi connectivity index (χ4v) is 3.50. The van der Waals surface area contributed by atoms with Gasteiger partial charge in [-0.25, -0.2) is 4.79 Å². The van der Waals surface area contributed by atoms with Gasteiger partial charge in [0.1, 0.15) is 18.9 Å². The zero-order chi connectivity index (χ0) is 24.1. The van der Waals surface area contributed by atoms with Gasteiger partial charge in [-0.2, -0.15) is 0 Å². The van der Waals surface area contributed by atoms with Crippen LogP contribution in [0.3, 0.4) is 0 Å². The van der Waals surface area contributed by atoms with E-state index in [2.05, 4.69) is 15.6 Å². The Bertz CT molecular complexity index is 828. The largest absolute Gasteiger partial charge is 0.445 e. The van der Waals surface area contributed by atoms with E-state index in [-0.39, 0.29) is 37.3 Å². The van der Waals surface area contributed by atoms with Crippen molar-refractivity contribution in [1.29, 1.82) is 0 Å². The van der Waals surface area contributed by atoms with Gasteiger partial charge in [-0.1, -0.05) is 30.3 Å². The van der Waals surface area contributed by atoms with Crippen molar-refractivity contribution in [2.24, 2.45) is 16.5 Å². The van der Waals surface area contributed by atoms with Crippen LogP contribution in [0.5, 0.6) is 0 Å². The molecule has 33 heavy (non-hydrogen) atoms. The number of aldehydes is 1. The van der Waals surface area contributed by atoms with Crippen LogP contribution in [0.1, 0.15) is 37.7 Å². The fourth-order valence-electron chi connectivity index (χ4n) is 3.50. The van der Waals surface area contributed by atoms with Crippen molar-refractivity contribution in [3.05, 3.63) is 35.9 Å². The molecule has 11 nitrogen and oxygen atoms in total. The number of hydrogen-bond donors (Lipinski definition) is 4. The maximum absolute atomic E-state index is 12.7. The molecule has 11 heteroatoms. The van der Waals surface area contributed by atoms with Crippen molar-refractivity contribution in [1.82, 2.24) is 15.5 Å². The number of guanidine groups is 1. The molecule has 0 aliphatic carbocycles. The number of nitrogens with one attached hydrogen (secondary N) is 2. The fraction of sp³-hybridized carbons (Fsp3) is 0.500. The minimum Gasteiger partial charge on any atom is -0.445 e. The molecule has 1 aliphatic heterocycles. The zero-order valence-electron chi connectivity index (χ0n) is 18.6. The molecule has 0 radical (unpaired) electrons. The Balaban J connectivity index is 1.73. The van der Waals surface area contributed by atoms with E-state index in [1.807, 2.05) is 30.3 Å². The van der Waals surface area contributed by atoms with Gasteiger partial charge in [-0.3, -0.25) is 14.6 Å². The third-order valence-corrected chi connectivity index (χ3v) is 5.16. The molecule has 1 aliphatic rings. The third-order valence-electron chi connectivity index (χ3n) is 5.16. The van der Waals surface area contributed by atoms with Crippen LogP contribution < -0.4 is 22.1 Å². The van der Waals surface area contributed by atoms with Crippen LogP contribution in [0.4, 0.5) is 4.79 Å². The lowest BCUT2D eigenvalue weighted by molar-refractivity contribution is -0.138. The minimum absolute atomic E-state index is 0.0271. The second-order valence-corrected chi connectivity index (χ2v) is 7.68. The summed E-state index contributed by atoms with van der Waals surface area (Å²) in [5.41, 5.74) is 11.4. The maximum atomic E-state index is 12.7. The lowest BCUT2D eigenvalue weighted by Crippen LogP contribution is -2.49. The molecule has 0 saturated carbocycles. The van der Waals surface area contributed by atoms with E-state index in [1.54, 1.807) is 0 Å². The molecule has 180 valence electrons. The number of aliphatic imine (C=N–C) groups is 1.